The molecule has 1 aliphatic heterocycles. The summed E-state index contributed by atoms with van der Waals surface area (Å²) >= 11 is 1.49. The molecule has 3 nitrogen and oxygen atoms in total. The molecule has 4 rings (SSSR count). The van der Waals surface area contributed by atoms with E-state index in [1.807, 2.05) is 71.7 Å². The monoisotopic (exact) mass is 402 g/mol. The molecule has 1 amide bonds. The van der Waals surface area contributed by atoms with Crippen LogP contribution < -0.4 is 0 Å². The maximum atomic E-state index is 13.3. The first-order valence-corrected chi connectivity index (χ1v) is 11.1. The summed E-state index contributed by atoms with van der Waals surface area (Å²) in [5.41, 5.74) is 2.01. The van der Waals surface area contributed by atoms with Gasteiger partial charge in [-0.15, -0.1) is 0 Å². The number of para-hydroxylation sites is 1. The first-order chi connectivity index (χ1) is 14.2. The SMILES string of the molecule is C[C@H]1CCCC[C@@H]1N1C(=O)/C(=C/C=C/c2ccccc2)SC1=Nc1ccccc1. The second-order valence-corrected chi connectivity index (χ2v) is 8.65. The zero-order chi connectivity index (χ0) is 20.1. The fraction of sp³-hybridized carbons (Fsp3) is 0.280. The van der Waals surface area contributed by atoms with Gasteiger partial charge in [-0.2, -0.15) is 0 Å². The van der Waals surface area contributed by atoms with Crippen LogP contribution in [0.25, 0.3) is 6.08 Å². The molecule has 148 valence electrons. The summed E-state index contributed by atoms with van der Waals surface area (Å²) in [6.07, 6.45) is 10.6. The molecule has 1 saturated carbocycles. The number of nitrogens with zero attached hydrogens (tertiary/aromatic N) is 2. The van der Waals surface area contributed by atoms with Crippen molar-refractivity contribution in [2.45, 2.75) is 38.6 Å². The third kappa shape index (κ3) is 4.70. The van der Waals surface area contributed by atoms with Gasteiger partial charge >= 0.3 is 0 Å². The van der Waals surface area contributed by atoms with Gasteiger partial charge in [0.2, 0.25) is 0 Å². The van der Waals surface area contributed by atoms with Crippen molar-refractivity contribution in [2.24, 2.45) is 10.9 Å². The number of allylic oxidation sites excluding steroid dienone is 2. The van der Waals surface area contributed by atoms with Crippen LogP contribution in [0.1, 0.15) is 38.2 Å². The Kier molecular flexibility index (Phi) is 6.30. The number of amidine groups is 1. The van der Waals surface area contributed by atoms with Crippen molar-refractivity contribution in [1.82, 2.24) is 4.90 Å². The normalized spacial score (nSPS) is 25.4. The van der Waals surface area contributed by atoms with Crippen molar-refractivity contribution >= 4 is 34.6 Å². The molecule has 2 fully saturated rings. The van der Waals surface area contributed by atoms with E-state index < -0.39 is 0 Å². The number of amides is 1. The van der Waals surface area contributed by atoms with Crippen LogP contribution in [-0.4, -0.2) is 22.0 Å². The Balaban J connectivity index is 1.63. The number of carbonyl (C=O) groups is 1. The molecule has 2 aliphatic rings. The maximum Gasteiger partial charge on any atom is 0.266 e. The highest BCUT2D eigenvalue weighted by Crippen LogP contribution is 2.39. The van der Waals surface area contributed by atoms with E-state index in [2.05, 4.69) is 19.1 Å². The molecule has 0 radical (unpaired) electrons. The number of benzene rings is 2. The lowest BCUT2D eigenvalue weighted by Gasteiger charge is -2.35. The average molecular weight is 403 g/mol. The Labute approximate surface area is 177 Å². The second-order valence-electron chi connectivity index (χ2n) is 7.64. The van der Waals surface area contributed by atoms with Crippen LogP contribution in [0.4, 0.5) is 5.69 Å². The van der Waals surface area contributed by atoms with Crippen LogP contribution in [0, 0.1) is 5.92 Å². The lowest BCUT2D eigenvalue weighted by molar-refractivity contribution is -0.125. The van der Waals surface area contributed by atoms with Gasteiger partial charge in [0.25, 0.3) is 5.91 Å². The lowest BCUT2D eigenvalue weighted by atomic mass is 9.85. The Morgan fingerprint density at radius 2 is 1.69 bits per heavy atom. The molecule has 1 aliphatic carbocycles. The Morgan fingerprint density at radius 3 is 2.41 bits per heavy atom. The molecule has 0 bridgehead atoms. The highest BCUT2D eigenvalue weighted by molar-refractivity contribution is 8.18. The first-order valence-electron chi connectivity index (χ1n) is 10.3. The smallest absolute Gasteiger partial charge is 0.266 e. The van der Waals surface area contributed by atoms with Crippen molar-refractivity contribution in [3.05, 3.63) is 83.3 Å². The molecule has 2 aromatic carbocycles. The molecule has 0 aromatic heterocycles. The highest BCUT2D eigenvalue weighted by atomic mass is 32.2. The van der Waals surface area contributed by atoms with Crippen molar-refractivity contribution in [3.8, 4) is 0 Å². The molecule has 2 atom stereocenters. The third-order valence-corrected chi connectivity index (χ3v) is 6.55. The van der Waals surface area contributed by atoms with Crippen LogP contribution >= 0.6 is 11.8 Å². The quantitative estimate of drug-likeness (QED) is 0.552. The fourth-order valence-electron chi connectivity index (χ4n) is 3.98. The van der Waals surface area contributed by atoms with Gasteiger partial charge in [0.15, 0.2) is 5.17 Å². The molecular formula is C25H26N2OS. The molecular weight excluding hydrogens is 376 g/mol. The van der Waals surface area contributed by atoms with E-state index in [-0.39, 0.29) is 11.9 Å². The maximum absolute atomic E-state index is 13.3. The van der Waals surface area contributed by atoms with Crippen LogP contribution in [-0.2, 0) is 4.79 Å². The lowest BCUT2D eigenvalue weighted by Crippen LogP contribution is -2.44. The molecule has 1 heterocycles. The van der Waals surface area contributed by atoms with E-state index in [1.165, 1.54) is 31.0 Å². The van der Waals surface area contributed by atoms with Gasteiger partial charge in [0, 0.05) is 6.04 Å². The molecule has 29 heavy (non-hydrogen) atoms. The number of thioether (sulfide) groups is 1. The zero-order valence-corrected chi connectivity index (χ0v) is 17.5. The van der Waals surface area contributed by atoms with E-state index in [4.69, 9.17) is 4.99 Å². The number of hydrogen-bond donors (Lipinski definition) is 0. The standard InChI is InChI=1S/C25H26N2OS/c1-19-11-8-9-17-22(19)27-24(28)23(18-10-14-20-12-4-2-5-13-20)29-25(27)26-21-15-6-3-7-16-21/h2-7,10,12-16,18-19,22H,8-9,11,17H2,1H3/b14-10+,23-18-,26-25?/t19-,22-/m0/s1. The number of carbonyl (C=O) groups excluding carboxylic acids is 1. The summed E-state index contributed by atoms with van der Waals surface area (Å²) in [7, 11) is 0. The number of aliphatic imine (C=N–C) groups is 1. The van der Waals surface area contributed by atoms with Crippen LogP contribution in [0.15, 0.2) is 82.7 Å². The zero-order valence-electron chi connectivity index (χ0n) is 16.7. The van der Waals surface area contributed by atoms with E-state index >= 15 is 0 Å². The largest absolute Gasteiger partial charge is 0.283 e. The van der Waals surface area contributed by atoms with Crippen molar-refractivity contribution < 1.29 is 4.79 Å². The molecule has 0 spiro atoms. The summed E-state index contributed by atoms with van der Waals surface area (Å²) in [6, 6.07) is 20.3. The van der Waals surface area contributed by atoms with E-state index in [0.29, 0.717) is 5.92 Å². The van der Waals surface area contributed by atoms with Crippen molar-refractivity contribution in [2.75, 3.05) is 0 Å². The van der Waals surface area contributed by atoms with Gasteiger partial charge in [-0.25, -0.2) is 4.99 Å². The van der Waals surface area contributed by atoms with Gasteiger partial charge in [-0.1, -0.05) is 80.4 Å². The van der Waals surface area contributed by atoms with Gasteiger partial charge in [0.05, 0.1) is 10.6 Å². The third-order valence-electron chi connectivity index (χ3n) is 5.55. The van der Waals surface area contributed by atoms with Gasteiger partial charge in [-0.05, 0) is 54.3 Å². The Morgan fingerprint density at radius 1 is 1.00 bits per heavy atom. The first kappa shape index (κ1) is 19.7. The molecule has 0 unspecified atom stereocenters. The molecule has 2 aromatic rings. The summed E-state index contributed by atoms with van der Waals surface area (Å²) in [5.74, 6) is 0.578. The topological polar surface area (TPSA) is 32.7 Å². The Bertz CT molecular complexity index is 934. The second kappa shape index (κ2) is 9.27. The predicted octanol–water partition coefficient (Wildman–Crippen LogP) is 6.43. The summed E-state index contributed by atoms with van der Waals surface area (Å²) in [5, 5.41) is 0.805. The average Bonchev–Trinajstić information content (AvgIpc) is 3.05. The van der Waals surface area contributed by atoms with E-state index in [9.17, 15) is 4.79 Å². The van der Waals surface area contributed by atoms with Crippen molar-refractivity contribution in [1.29, 1.82) is 0 Å². The minimum absolute atomic E-state index is 0.0844. The van der Waals surface area contributed by atoms with Crippen LogP contribution in [0.2, 0.25) is 0 Å². The van der Waals surface area contributed by atoms with E-state index in [1.54, 1.807) is 0 Å². The van der Waals surface area contributed by atoms with Crippen LogP contribution in [0.5, 0.6) is 0 Å². The van der Waals surface area contributed by atoms with E-state index in [0.717, 1.165) is 27.7 Å². The minimum atomic E-state index is 0.0844. The Hall–Kier alpha value is -2.59. The van der Waals surface area contributed by atoms with Gasteiger partial charge in [0.1, 0.15) is 0 Å². The summed E-state index contributed by atoms with van der Waals surface area (Å²) < 4.78 is 0. The van der Waals surface area contributed by atoms with Crippen molar-refractivity contribution in [3.63, 3.8) is 0 Å². The fourth-order valence-corrected chi connectivity index (χ4v) is 4.97. The molecule has 0 N–H and O–H groups in total. The predicted molar refractivity (Wildman–Crippen MR) is 123 cm³/mol. The van der Waals surface area contributed by atoms with Gasteiger partial charge in [-0.3, -0.25) is 9.69 Å². The number of rotatable bonds is 4. The van der Waals surface area contributed by atoms with Gasteiger partial charge < -0.3 is 0 Å². The molecule has 4 heteroatoms. The number of hydrogen-bond acceptors (Lipinski definition) is 3. The minimum Gasteiger partial charge on any atom is -0.283 e. The molecule has 1 saturated heterocycles. The summed E-state index contributed by atoms with van der Waals surface area (Å²) in [6.45, 7) is 2.26. The highest BCUT2D eigenvalue weighted by Gasteiger charge is 2.40. The van der Waals surface area contributed by atoms with Crippen LogP contribution in [0.3, 0.4) is 0 Å². The summed E-state index contributed by atoms with van der Waals surface area (Å²) in [4.78, 5) is 20.9.